The molecule has 0 rings (SSSR count). The minimum Gasteiger partial charge on any atom is -0.465 e. The van der Waals surface area contributed by atoms with Gasteiger partial charge in [-0.2, -0.15) is 0 Å². The van der Waals surface area contributed by atoms with Crippen LogP contribution >= 0.6 is 0 Å². The predicted octanol–water partition coefficient (Wildman–Crippen LogP) is -0.0900. The van der Waals surface area contributed by atoms with Crippen molar-refractivity contribution in [2.24, 2.45) is 0 Å². The first-order chi connectivity index (χ1) is 5.70. The lowest BCUT2D eigenvalue weighted by molar-refractivity contribution is -0.142. The molecule has 0 aliphatic heterocycles. The second-order valence-electron chi connectivity index (χ2n) is 2.60. The van der Waals surface area contributed by atoms with Crippen molar-refractivity contribution in [2.75, 3.05) is 19.8 Å². The second kappa shape index (κ2) is 7.06. The summed E-state index contributed by atoms with van der Waals surface area (Å²) in [6.45, 7) is 4.45. The number of aliphatic hydroxyl groups is 1. The van der Waals surface area contributed by atoms with Crippen molar-refractivity contribution >= 4 is 5.97 Å². The molecule has 4 heteroatoms. The van der Waals surface area contributed by atoms with Gasteiger partial charge < -0.3 is 15.2 Å². The fourth-order valence-corrected chi connectivity index (χ4v) is 0.765. The largest absolute Gasteiger partial charge is 0.465 e. The van der Waals surface area contributed by atoms with Crippen LogP contribution in [0.1, 0.15) is 20.3 Å². The molecule has 0 saturated carbocycles. The number of esters is 1. The molecular weight excluding hydrogens is 158 g/mol. The molecule has 0 radical (unpaired) electrons. The van der Waals surface area contributed by atoms with E-state index >= 15 is 0 Å². The van der Waals surface area contributed by atoms with E-state index in [0.29, 0.717) is 13.0 Å². The molecule has 0 bridgehead atoms. The van der Waals surface area contributed by atoms with E-state index in [1.165, 1.54) is 0 Å². The Morgan fingerprint density at radius 2 is 2.33 bits per heavy atom. The average Bonchev–Trinajstić information content (AvgIpc) is 2.02. The zero-order chi connectivity index (χ0) is 9.40. The molecule has 0 saturated heterocycles. The van der Waals surface area contributed by atoms with Crippen molar-refractivity contribution < 1.29 is 14.6 Å². The Balaban J connectivity index is 3.33. The molecule has 12 heavy (non-hydrogen) atoms. The Hall–Kier alpha value is -0.610. The van der Waals surface area contributed by atoms with Gasteiger partial charge in [0.25, 0.3) is 0 Å². The monoisotopic (exact) mass is 175 g/mol. The molecule has 0 aromatic carbocycles. The van der Waals surface area contributed by atoms with Crippen molar-refractivity contribution in [2.45, 2.75) is 26.3 Å². The molecule has 0 amide bonds. The van der Waals surface area contributed by atoms with Crippen LogP contribution in [-0.4, -0.2) is 36.9 Å². The normalized spacial score (nSPS) is 12.6. The van der Waals surface area contributed by atoms with Crippen molar-refractivity contribution in [3.8, 4) is 0 Å². The van der Waals surface area contributed by atoms with E-state index in [-0.39, 0.29) is 25.2 Å². The van der Waals surface area contributed by atoms with Gasteiger partial charge in [-0.05, 0) is 20.3 Å². The van der Waals surface area contributed by atoms with Gasteiger partial charge in [-0.25, -0.2) is 0 Å². The molecule has 0 fully saturated rings. The summed E-state index contributed by atoms with van der Waals surface area (Å²) in [6.07, 6.45) is 0.652. The van der Waals surface area contributed by atoms with Gasteiger partial charge in [0, 0.05) is 12.6 Å². The van der Waals surface area contributed by atoms with E-state index < -0.39 is 0 Å². The molecule has 0 aromatic rings. The highest BCUT2D eigenvalue weighted by molar-refractivity contribution is 5.71. The smallest absolute Gasteiger partial charge is 0.319 e. The van der Waals surface area contributed by atoms with Crippen LogP contribution in [0.2, 0.25) is 0 Å². The zero-order valence-corrected chi connectivity index (χ0v) is 7.67. The van der Waals surface area contributed by atoms with Crippen molar-refractivity contribution in [1.29, 1.82) is 0 Å². The topological polar surface area (TPSA) is 58.6 Å². The predicted molar refractivity (Wildman–Crippen MR) is 45.8 cm³/mol. The van der Waals surface area contributed by atoms with Crippen LogP contribution < -0.4 is 5.32 Å². The van der Waals surface area contributed by atoms with E-state index in [9.17, 15) is 4.79 Å². The summed E-state index contributed by atoms with van der Waals surface area (Å²) in [4.78, 5) is 10.8. The summed E-state index contributed by atoms with van der Waals surface area (Å²) in [5.41, 5.74) is 0. The van der Waals surface area contributed by atoms with Gasteiger partial charge >= 0.3 is 5.97 Å². The third kappa shape index (κ3) is 6.12. The molecule has 72 valence electrons. The molecular formula is C8H17NO3. The van der Waals surface area contributed by atoms with Crippen molar-refractivity contribution in [1.82, 2.24) is 5.32 Å². The molecule has 0 aliphatic carbocycles. The van der Waals surface area contributed by atoms with Crippen LogP contribution in [0.5, 0.6) is 0 Å². The Kier molecular flexibility index (Phi) is 6.70. The van der Waals surface area contributed by atoms with E-state index in [1.807, 2.05) is 6.92 Å². The molecule has 0 aliphatic rings. The van der Waals surface area contributed by atoms with E-state index in [2.05, 4.69) is 5.32 Å². The summed E-state index contributed by atoms with van der Waals surface area (Å²) in [5, 5.41) is 11.5. The SMILES string of the molecule is CCOC(=O)CNC(C)CCO. The Morgan fingerprint density at radius 3 is 2.83 bits per heavy atom. The maximum atomic E-state index is 10.8. The molecule has 1 unspecified atom stereocenters. The van der Waals surface area contributed by atoms with Gasteiger partial charge in [0.05, 0.1) is 13.2 Å². The Bertz CT molecular complexity index is 127. The van der Waals surface area contributed by atoms with Gasteiger partial charge in [0.1, 0.15) is 0 Å². The number of hydrogen-bond donors (Lipinski definition) is 2. The average molecular weight is 175 g/mol. The Morgan fingerprint density at radius 1 is 1.67 bits per heavy atom. The fraction of sp³-hybridized carbons (Fsp3) is 0.875. The minimum absolute atomic E-state index is 0.136. The van der Waals surface area contributed by atoms with E-state index in [0.717, 1.165) is 0 Å². The highest BCUT2D eigenvalue weighted by atomic mass is 16.5. The van der Waals surface area contributed by atoms with Crippen LogP contribution in [0.3, 0.4) is 0 Å². The van der Waals surface area contributed by atoms with Gasteiger partial charge in [0.15, 0.2) is 0 Å². The highest BCUT2D eigenvalue weighted by Crippen LogP contribution is 1.87. The molecule has 1 atom stereocenters. The minimum atomic E-state index is -0.248. The first-order valence-corrected chi connectivity index (χ1v) is 4.20. The van der Waals surface area contributed by atoms with Crippen molar-refractivity contribution in [3.63, 3.8) is 0 Å². The van der Waals surface area contributed by atoms with Gasteiger partial charge in [0.2, 0.25) is 0 Å². The first kappa shape index (κ1) is 11.4. The van der Waals surface area contributed by atoms with Gasteiger partial charge in [-0.3, -0.25) is 4.79 Å². The quantitative estimate of drug-likeness (QED) is 0.554. The summed E-state index contributed by atoms with van der Waals surface area (Å²) in [5.74, 6) is -0.248. The molecule has 0 heterocycles. The highest BCUT2D eigenvalue weighted by Gasteiger charge is 2.04. The number of carbonyl (C=O) groups is 1. The summed E-state index contributed by atoms with van der Waals surface area (Å²) in [7, 11) is 0. The lowest BCUT2D eigenvalue weighted by atomic mass is 10.2. The summed E-state index contributed by atoms with van der Waals surface area (Å²) >= 11 is 0. The lowest BCUT2D eigenvalue weighted by Gasteiger charge is -2.10. The summed E-state index contributed by atoms with van der Waals surface area (Å²) in [6, 6.07) is 0.152. The van der Waals surface area contributed by atoms with Crippen LogP contribution in [0.4, 0.5) is 0 Å². The molecule has 0 aromatic heterocycles. The van der Waals surface area contributed by atoms with Crippen molar-refractivity contribution in [3.05, 3.63) is 0 Å². The molecule has 0 spiro atoms. The molecule has 4 nitrogen and oxygen atoms in total. The lowest BCUT2D eigenvalue weighted by Crippen LogP contribution is -2.32. The number of ether oxygens (including phenoxy) is 1. The van der Waals surface area contributed by atoms with Gasteiger partial charge in [-0.15, -0.1) is 0 Å². The van der Waals surface area contributed by atoms with Crippen LogP contribution in [0, 0.1) is 0 Å². The number of hydrogen-bond acceptors (Lipinski definition) is 4. The van der Waals surface area contributed by atoms with Crippen LogP contribution in [0.15, 0.2) is 0 Å². The second-order valence-corrected chi connectivity index (χ2v) is 2.60. The standard InChI is InChI=1S/C8H17NO3/c1-3-12-8(11)6-9-7(2)4-5-10/h7,9-10H,3-6H2,1-2H3. The number of carbonyl (C=O) groups excluding carboxylic acids is 1. The van der Waals surface area contributed by atoms with E-state index in [1.54, 1.807) is 6.92 Å². The maximum absolute atomic E-state index is 10.8. The number of nitrogens with one attached hydrogen (secondary N) is 1. The zero-order valence-electron chi connectivity index (χ0n) is 7.67. The summed E-state index contributed by atoms with van der Waals surface area (Å²) < 4.78 is 4.71. The third-order valence-electron chi connectivity index (χ3n) is 1.46. The van der Waals surface area contributed by atoms with Crippen LogP contribution in [-0.2, 0) is 9.53 Å². The van der Waals surface area contributed by atoms with E-state index in [4.69, 9.17) is 9.84 Å². The molecule has 2 N–H and O–H groups in total. The van der Waals surface area contributed by atoms with Gasteiger partial charge in [-0.1, -0.05) is 0 Å². The maximum Gasteiger partial charge on any atom is 0.319 e. The third-order valence-corrected chi connectivity index (χ3v) is 1.46. The number of rotatable bonds is 6. The Labute approximate surface area is 72.9 Å². The fourth-order valence-electron chi connectivity index (χ4n) is 0.765. The van der Waals surface area contributed by atoms with Crippen LogP contribution in [0.25, 0.3) is 0 Å². The first-order valence-electron chi connectivity index (χ1n) is 4.20. The number of aliphatic hydroxyl groups excluding tert-OH is 1.